The first-order valence-corrected chi connectivity index (χ1v) is 7.10. The molecule has 0 atom stereocenters. The molecule has 6 nitrogen and oxygen atoms in total. The van der Waals surface area contributed by atoms with E-state index in [0.29, 0.717) is 12.5 Å². The Morgan fingerprint density at radius 3 is 2.67 bits per heavy atom. The molecule has 0 fully saturated rings. The van der Waals surface area contributed by atoms with Crippen LogP contribution in [-0.4, -0.2) is 27.3 Å². The van der Waals surface area contributed by atoms with Gasteiger partial charge in [0.25, 0.3) is 0 Å². The summed E-state index contributed by atoms with van der Waals surface area (Å²) in [5.74, 6) is 1.39. The van der Waals surface area contributed by atoms with Gasteiger partial charge >= 0.3 is 0 Å². The van der Waals surface area contributed by atoms with E-state index >= 15 is 0 Å². The highest BCUT2D eigenvalue weighted by atomic mass is 15.3. The normalized spacial score (nSPS) is 11.7. The second-order valence-electron chi connectivity index (χ2n) is 5.06. The number of rotatable bonds is 5. The van der Waals surface area contributed by atoms with Crippen LogP contribution in [-0.2, 0) is 13.0 Å². The van der Waals surface area contributed by atoms with E-state index in [-0.39, 0.29) is 0 Å². The van der Waals surface area contributed by atoms with Crippen LogP contribution in [0.3, 0.4) is 0 Å². The number of anilines is 1. The lowest BCUT2D eigenvalue weighted by Gasteiger charge is -2.08. The second-order valence-corrected chi connectivity index (χ2v) is 5.06. The van der Waals surface area contributed by atoms with Gasteiger partial charge in [0, 0.05) is 18.7 Å². The molecule has 0 aliphatic heterocycles. The number of aryl methyl sites for hydroxylation is 3. The third kappa shape index (κ3) is 4.30. The fraction of sp³-hybridized carbons (Fsp3) is 0.400. The summed E-state index contributed by atoms with van der Waals surface area (Å²) in [7, 11) is 0. The highest BCUT2D eigenvalue weighted by Crippen LogP contribution is 2.13. The van der Waals surface area contributed by atoms with Crippen LogP contribution in [0.5, 0.6) is 0 Å². The van der Waals surface area contributed by atoms with Crippen LogP contribution < -0.4 is 11.1 Å². The molecule has 0 saturated heterocycles. The van der Waals surface area contributed by atoms with E-state index in [9.17, 15) is 0 Å². The number of nitrogens with one attached hydrogen (secondary N) is 1. The van der Waals surface area contributed by atoms with Gasteiger partial charge in [0.1, 0.15) is 12.2 Å². The first-order chi connectivity index (χ1) is 10.1. The van der Waals surface area contributed by atoms with Crippen molar-refractivity contribution in [3.8, 4) is 0 Å². The first-order valence-electron chi connectivity index (χ1n) is 7.10. The molecule has 1 aromatic heterocycles. The average molecular weight is 286 g/mol. The average Bonchev–Trinajstić information content (AvgIpc) is 2.84. The minimum atomic E-state index is 0.422. The third-order valence-corrected chi connectivity index (χ3v) is 3.13. The topological polar surface area (TPSA) is 81.1 Å². The Balaban J connectivity index is 1.92. The van der Waals surface area contributed by atoms with Crippen molar-refractivity contribution in [1.29, 1.82) is 0 Å². The molecule has 0 amide bonds. The van der Waals surface area contributed by atoms with E-state index in [1.54, 1.807) is 6.33 Å². The van der Waals surface area contributed by atoms with Crippen LogP contribution in [0.25, 0.3) is 0 Å². The van der Waals surface area contributed by atoms with E-state index in [2.05, 4.69) is 47.3 Å². The summed E-state index contributed by atoms with van der Waals surface area (Å²) in [6.45, 7) is 7.49. The van der Waals surface area contributed by atoms with Crippen molar-refractivity contribution in [3.05, 3.63) is 41.5 Å². The van der Waals surface area contributed by atoms with Crippen LogP contribution in [0.1, 0.15) is 23.9 Å². The molecular weight excluding hydrogens is 264 g/mol. The second kappa shape index (κ2) is 6.88. The molecule has 0 aliphatic rings. The molecule has 0 saturated carbocycles. The molecule has 112 valence electrons. The predicted molar refractivity (Wildman–Crippen MR) is 85.4 cm³/mol. The zero-order valence-corrected chi connectivity index (χ0v) is 12.8. The van der Waals surface area contributed by atoms with Crippen molar-refractivity contribution in [3.63, 3.8) is 0 Å². The van der Waals surface area contributed by atoms with Crippen LogP contribution in [0.15, 0.2) is 29.5 Å². The smallest absolute Gasteiger partial charge is 0.193 e. The lowest BCUT2D eigenvalue weighted by Crippen LogP contribution is -2.23. The van der Waals surface area contributed by atoms with Crippen LogP contribution in [0, 0.1) is 13.8 Å². The van der Waals surface area contributed by atoms with Gasteiger partial charge in [0.05, 0.1) is 6.54 Å². The summed E-state index contributed by atoms with van der Waals surface area (Å²) in [4.78, 5) is 4.34. The summed E-state index contributed by atoms with van der Waals surface area (Å²) in [6, 6.07) is 6.21. The van der Waals surface area contributed by atoms with E-state index in [1.165, 1.54) is 11.1 Å². The SMILES string of the molecule is CCc1nncn1CCN=C(N)Nc1cc(C)cc(C)c1. The van der Waals surface area contributed by atoms with Crippen LogP contribution in [0.2, 0.25) is 0 Å². The molecule has 6 heteroatoms. The zero-order chi connectivity index (χ0) is 15.2. The molecule has 0 spiro atoms. The first kappa shape index (κ1) is 15.0. The number of benzene rings is 1. The van der Waals surface area contributed by atoms with Gasteiger partial charge < -0.3 is 15.6 Å². The maximum Gasteiger partial charge on any atom is 0.193 e. The number of hydrogen-bond donors (Lipinski definition) is 2. The van der Waals surface area contributed by atoms with Crippen LogP contribution >= 0.6 is 0 Å². The summed E-state index contributed by atoms with van der Waals surface area (Å²) in [5.41, 5.74) is 9.27. The standard InChI is InChI=1S/C15H22N6/c1-4-14-20-18-10-21(14)6-5-17-15(16)19-13-8-11(2)7-12(3)9-13/h7-10H,4-6H2,1-3H3,(H3,16,17,19). The summed E-state index contributed by atoms with van der Waals surface area (Å²) < 4.78 is 1.99. The van der Waals surface area contributed by atoms with Gasteiger partial charge in [-0.3, -0.25) is 4.99 Å². The Morgan fingerprint density at radius 1 is 1.29 bits per heavy atom. The van der Waals surface area contributed by atoms with Gasteiger partial charge in [-0.25, -0.2) is 0 Å². The Hall–Kier alpha value is -2.37. The number of nitrogens with two attached hydrogens (primary N) is 1. The van der Waals surface area contributed by atoms with E-state index in [4.69, 9.17) is 5.73 Å². The molecule has 3 N–H and O–H groups in total. The van der Waals surface area contributed by atoms with Gasteiger partial charge in [0.15, 0.2) is 5.96 Å². The van der Waals surface area contributed by atoms with Gasteiger partial charge in [-0.05, 0) is 37.1 Å². The lowest BCUT2D eigenvalue weighted by molar-refractivity contribution is 0.666. The van der Waals surface area contributed by atoms with Crippen molar-refractivity contribution in [2.45, 2.75) is 33.7 Å². The van der Waals surface area contributed by atoms with Crippen molar-refractivity contribution < 1.29 is 0 Å². The molecule has 0 aliphatic carbocycles. The molecule has 0 radical (unpaired) electrons. The number of nitrogens with zero attached hydrogens (tertiary/aromatic N) is 4. The van der Waals surface area contributed by atoms with Gasteiger partial charge in [0.2, 0.25) is 0 Å². The maximum atomic E-state index is 5.91. The highest BCUT2D eigenvalue weighted by Gasteiger charge is 2.01. The van der Waals surface area contributed by atoms with Crippen molar-refractivity contribution >= 4 is 11.6 Å². The van der Waals surface area contributed by atoms with E-state index in [0.717, 1.165) is 24.5 Å². The molecule has 2 aromatic rings. The minimum Gasteiger partial charge on any atom is -0.370 e. The number of hydrogen-bond acceptors (Lipinski definition) is 3. The Labute approximate surface area is 125 Å². The number of aliphatic imine (C=N–C) groups is 1. The van der Waals surface area contributed by atoms with Crippen LogP contribution in [0.4, 0.5) is 5.69 Å². The van der Waals surface area contributed by atoms with E-state index in [1.807, 2.05) is 16.7 Å². The zero-order valence-electron chi connectivity index (χ0n) is 12.8. The largest absolute Gasteiger partial charge is 0.370 e. The fourth-order valence-corrected chi connectivity index (χ4v) is 2.25. The molecular formula is C15H22N6. The maximum absolute atomic E-state index is 5.91. The summed E-state index contributed by atoms with van der Waals surface area (Å²) >= 11 is 0. The summed E-state index contributed by atoms with van der Waals surface area (Å²) in [5, 5.41) is 11.1. The van der Waals surface area contributed by atoms with Gasteiger partial charge in [-0.15, -0.1) is 10.2 Å². The lowest BCUT2D eigenvalue weighted by atomic mass is 10.1. The van der Waals surface area contributed by atoms with E-state index < -0.39 is 0 Å². The predicted octanol–water partition coefficient (Wildman–Crippen LogP) is 1.88. The Bertz CT molecular complexity index is 609. The molecule has 1 heterocycles. The molecule has 0 unspecified atom stereocenters. The fourth-order valence-electron chi connectivity index (χ4n) is 2.25. The van der Waals surface area contributed by atoms with Gasteiger partial charge in [-0.2, -0.15) is 0 Å². The Kier molecular flexibility index (Phi) is 4.92. The van der Waals surface area contributed by atoms with Gasteiger partial charge in [-0.1, -0.05) is 13.0 Å². The third-order valence-electron chi connectivity index (χ3n) is 3.13. The molecule has 0 bridgehead atoms. The van der Waals surface area contributed by atoms with Crippen molar-refractivity contribution in [2.75, 3.05) is 11.9 Å². The Morgan fingerprint density at radius 2 is 2.00 bits per heavy atom. The molecule has 1 aromatic carbocycles. The summed E-state index contributed by atoms with van der Waals surface area (Å²) in [6.07, 6.45) is 2.59. The van der Waals surface area contributed by atoms with Crippen molar-refractivity contribution in [2.24, 2.45) is 10.7 Å². The number of aromatic nitrogens is 3. The molecule has 2 rings (SSSR count). The molecule has 21 heavy (non-hydrogen) atoms. The monoisotopic (exact) mass is 286 g/mol. The number of guanidine groups is 1. The minimum absolute atomic E-state index is 0.422. The van der Waals surface area contributed by atoms with Crippen molar-refractivity contribution in [1.82, 2.24) is 14.8 Å². The quantitative estimate of drug-likeness (QED) is 0.649. The highest BCUT2D eigenvalue weighted by molar-refractivity contribution is 5.92.